The standard InChI is InChI=1S/C8H8N2S.C2H6/c1-5-3-7-8(4-6(5)2)10-11-9-7;1-2/h3-4H,1-2H3;1-2H3. The summed E-state index contributed by atoms with van der Waals surface area (Å²) in [5.74, 6) is 0. The van der Waals surface area contributed by atoms with Crippen LogP contribution in [-0.4, -0.2) is 8.75 Å². The molecule has 0 radical (unpaired) electrons. The molecule has 2 nitrogen and oxygen atoms in total. The third kappa shape index (κ3) is 2.04. The van der Waals surface area contributed by atoms with Crippen LogP contribution in [0.25, 0.3) is 11.0 Å². The first kappa shape index (κ1) is 10.1. The molecular weight excluding hydrogens is 180 g/mol. The molecule has 0 spiro atoms. The normalized spacial score (nSPS) is 9.54. The number of hydrogen-bond donors (Lipinski definition) is 0. The van der Waals surface area contributed by atoms with Gasteiger partial charge in [0.15, 0.2) is 0 Å². The molecule has 0 aliphatic heterocycles. The Morgan fingerprint density at radius 1 is 0.923 bits per heavy atom. The zero-order valence-corrected chi connectivity index (χ0v) is 9.27. The molecule has 0 aliphatic carbocycles. The summed E-state index contributed by atoms with van der Waals surface area (Å²) in [6.07, 6.45) is 0. The van der Waals surface area contributed by atoms with Gasteiger partial charge in [0.1, 0.15) is 11.0 Å². The molecule has 0 amide bonds. The molecule has 0 atom stereocenters. The summed E-state index contributed by atoms with van der Waals surface area (Å²) < 4.78 is 8.30. The Hall–Kier alpha value is -0.960. The van der Waals surface area contributed by atoms with Crippen LogP contribution in [0.15, 0.2) is 12.1 Å². The molecule has 0 saturated carbocycles. The molecule has 1 aromatic heterocycles. The first-order valence-electron chi connectivity index (χ1n) is 4.47. The van der Waals surface area contributed by atoms with Gasteiger partial charge in [-0.25, -0.2) is 0 Å². The number of aryl methyl sites for hydroxylation is 2. The third-order valence-electron chi connectivity index (χ3n) is 1.87. The van der Waals surface area contributed by atoms with Crippen molar-refractivity contribution >= 4 is 22.8 Å². The first-order valence-corrected chi connectivity index (χ1v) is 5.20. The molecule has 0 saturated heterocycles. The molecule has 1 aromatic carbocycles. The molecule has 0 aliphatic rings. The number of hydrogen-bond acceptors (Lipinski definition) is 3. The Morgan fingerprint density at radius 2 is 1.31 bits per heavy atom. The van der Waals surface area contributed by atoms with Gasteiger partial charge in [-0.1, -0.05) is 13.8 Å². The van der Waals surface area contributed by atoms with Crippen molar-refractivity contribution in [3.8, 4) is 0 Å². The van der Waals surface area contributed by atoms with Gasteiger partial charge >= 0.3 is 0 Å². The smallest absolute Gasteiger partial charge is 0.105 e. The van der Waals surface area contributed by atoms with Crippen LogP contribution in [0.2, 0.25) is 0 Å². The van der Waals surface area contributed by atoms with Gasteiger partial charge in [-0.2, -0.15) is 8.75 Å². The Morgan fingerprint density at radius 3 is 1.69 bits per heavy atom. The van der Waals surface area contributed by atoms with Gasteiger partial charge in [0.2, 0.25) is 0 Å². The van der Waals surface area contributed by atoms with Crippen molar-refractivity contribution in [3.63, 3.8) is 0 Å². The zero-order chi connectivity index (χ0) is 9.84. The molecule has 0 bridgehead atoms. The van der Waals surface area contributed by atoms with E-state index in [0.717, 1.165) is 11.0 Å². The lowest BCUT2D eigenvalue weighted by Gasteiger charge is -1.96. The van der Waals surface area contributed by atoms with Gasteiger partial charge in [0.05, 0.1) is 11.7 Å². The minimum Gasteiger partial charge on any atom is -0.173 e. The molecule has 1 heterocycles. The van der Waals surface area contributed by atoms with Crippen LogP contribution in [-0.2, 0) is 0 Å². The van der Waals surface area contributed by atoms with Crippen molar-refractivity contribution in [2.45, 2.75) is 27.7 Å². The fourth-order valence-electron chi connectivity index (χ4n) is 1.04. The third-order valence-corrected chi connectivity index (χ3v) is 2.43. The first-order chi connectivity index (χ1) is 6.27. The predicted molar refractivity (Wildman–Crippen MR) is 58.2 cm³/mol. The Labute approximate surface area is 82.9 Å². The van der Waals surface area contributed by atoms with E-state index in [2.05, 4.69) is 34.7 Å². The quantitative estimate of drug-likeness (QED) is 0.643. The second-order valence-electron chi connectivity index (χ2n) is 2.69. The van der Waals surface area contributed by atoms with Crippen LogP contribution >= 0.6 is 11.7 Å². The fourth-order valence-corrected chi connectivity index (χ4v) is 1.55. The minimum atomic E-state index is 1.01. The zero-order valence-electron chi connectivity index (χ0n) is 8.46. The summed E-state index contributed by atoms with van der Waals surface area (Å²) in [5.41, 5.74) is 4.59. The van der Waals surface area contributed by atoms with Crippen LogP contribution in [0.4, 0.5) is 0 Å². The van der Waals surface area contributed by atoms with Crippen LogP contribution in [0.3, 0.4) is 0 Å². The topological polar surface area (TPSA) is 25.8 Å². The lowest BCUT2D eigenvalue weighted by atomic mass is 10.1. The summed E-state index contributed by atoms with van der Waals surface area (Å²) in [5, 5.41) is 0. The predicted octanol–water partition coefficient (Wildman–Crippen LogP) is 3.33. The maximum Gasteiger partial charge on any atom is 0.105 e. The van der Waals surface area contributed by atoms with Crippen molar-refractivity contribution in [1.82, 2.24) is 8.75 Å². The average Bonchev–Trinajstić information content (AvgIpc) is 2.56. The highest BCUT2D eigenvalue weighted by atomic mass is 32.1. The summed E-state index contributed by atoms with van der Waals surface area (Å²) in [6, 6.07) is 4.16. The van der Waals surface area contributed by atoms with Crippen molar-refractivity contribution in [3.05, 3.63) is 23.3 Å². The van der Waals surface area contributed by atoms with Gasteiger partial charge in [0.25, 0.3) is 0 Å². The SMILES string of the molecule is CC.Cc1cc2nsnc2cc1C. The molecule has 0 N–H and O–H groups in total. The largest absolute Gasteiger partial charge is 0.173 e. The summed E-state index contributed by atoms with van der Waals surface area (Å²) in [7, 11) is 0. The summed E-state index contributed by atoms with van der Waals surface area (Å²) in [4.78, 5) is 0. The maximum atomic E-state index is 4.15. The monoisotopic (exact) mass is 194 g/mol. The number of fused-ring (bicyclic) bond motifs is 1. The second-order valence-corrected chi connectivity index (χ2v) is 3.22. The Balaban J connectivity index is 0.000000396. The van der Waals surface area contributed by atoms with Crippen LogP contribution in [0.5, 0.6) is 0 Å². The van der Waals surface area contributed by atoms with Crippen LogP contribution < -0.4 is 0 Å². The van der Waals surface area contributed by atoms with Gasteiger partial charge in [0, 0.05) is 0 Å². The number of rotatable bonds is 0. The molecular formula is C10H14N2S. The van der Waals surface area contributed by atoms with Gasteiger partial charge < -0.3 is 0 Å². The average molecular weight is 194 g/mol. The van der Waals surface area contributed by atoms with E-state index in [1.165, 1.54) is 22.9 Å². The molecule has 70 valence electrons. The van der Waals surface area contributed by atoms with Gasteiger partial charge in [-0.3, -0.25) is 0 Å². The highest BCUT2D eigenvalue weighted by molar-refractivity contribution is 7.00. The molecule has 0 unspecified atom stereocenters. The second kappa shape index (κ2) is 4.33. The highest BCUT2D eigenvalue weighted by Gasteiger charge is 1.99. The van der Waals surface area contributed by atoms with E-state index in [9.17, 15) is 0 Å². The van der Waals surface area contributed by atoms with Crippen molar-refractivity contribution in [2.75, 3.05) is 0 Å². The Bertz CT molecular complexity index is 357. The molecule has 0 fully saturated rings. The lowest BCUT2D eigenvalue weighted by Crippen LogP contribution is -1.79. The van der Waals surface area contributed by atoms with E-state index in [0.29, 0.717) is 0 Å². The van der Waals surface area contributed by atoms with E-state index < -0.39 is 0 Å². The van der Waals surface area contributed by atoms with Gasteiger partial charge in [-0.05, 0) is 37.1 Å². The van der Waals surface area contributed by atoms with Crippen LogP contribution in [0.1, 0.15) is 25.0 Å². The fraction of sp³-hybridized carbons (Fsp3) is 0.400. The number of aromatic nitrogens is 2. The lowest BCUT2D eigenvalue weighted by molar-refractivity contribution is 1.35. The van der Waals surface area contributed by atoms with Crippen molar-refractivity contribution in [1.29, 1.82) is 0 Å². The van der Waals surface area contributed by atoms with E-state index in [1.807, 2.05) is 13.8 Å². The summed E-state index contributed by atoms with van der Waals surface area (Å²) in [6.45, 7) is 8.18. The van der Waals surface area contributed by atoms with E-state index >= 15 is 0 Å². The van der Waals surface area contributed by atoms with Crippen molar-refractivity contribution in [2.24, 2.45) is 0 Å². The van der Waals surface area contributed by atoms with E-state index in [4.69, 9.17) is 0 Å². The van der Waals surface area contributed by atoms with E-state index in [-0.39, 0.29) is 0 Å². The van der Waals surface area contributed by atoms with Gasteiger partial charge in [-0.15, -0.1) is 0 Å². The Kier molecular flexibility index (Phi) is 3.37. The number of nitrogens with zero attached hydrogens (tertiary/aromatic N) is 2. The maximum absolute atomic E-state index is 4.15. The molecule has 3 heteroatoms. The molecule has 13 heavy (non-hydrogen) atoms. The molecule has 2 rings (SSSR count). The highest BCUT2D eigenvalue weighted by Crippen LogP contribution is 2.16. The minimum absolute atomic E-state index is 1.01. The molecule has 2 aromatic rings. The van der Waals surface area contributed by atoms with Crippen molar-refractivity contribution < 1.29 is 0 Å². The number of benzene rings is 1. The summed E-state index contributed by atoms with van der Waals surface area (Å²) >= 11 is 1.27. The van der Waals surface area contributed by atoms with Crippen LogP contribution in [0, 0.1) is 13.8 Å². The van der Waals surface area contributed by atoms with E-state index in [1.54, 1.807) is 0 Å².